The molecule has 0 aliphatic heterocycles. The Kier molecular flexibility index (Phi) is 5.75. The van der Waals surface area contributed by atoms with Crippen LogP contribution >= 0.6 is 0 Å². The van der Waals surface area contributed by atoms with E-state index < -0.39 is 18.1 Å². The maximum absolute atomic E-state index is 13.3. The van der Waals surface area contributed by atoms with E-state index in [4.69, 9.17) is 0 Å². The predicted molar refractivity (Wildman–Crippen MR) is 91.9 cm³/mol. The zero-order valence-electron chi connectivity index (χ0n) is 13.4. The van der Waals surface area contributed by atoms with Crippen LogP contribution in [0.15, 0.2) is 68.0 Å². The Morgan fingerprint density at radius 1 is 1.20 bits per heavy atom. The van der Waals surface area contributed by atoms with E-state index in [0.29, 0.717) is 11.1 Å². The highest BCUT2D eigenvalue weighted by Gasteiger charge is 2.45. The summed E-state index contributed by atoms with van der Waals surface area (Å²) in [7, 11) is 0. The van der Waals surface area contributed by atoms with Crippen molar-refractivity contribution >= 4 is 17.7 Å². The van der Waals surface area contributed by atoms with Gasteiger partial charge in [-0.05, 0) is 18.1 Å². The highest BCUT2D eigenvalue weighted by molar-refractivity contribution is 5.99. The average Bonchev–Trinajstić information content (AvgIpc) is 2.61. The highest BCUT2D eigenvalue weighted by Crippen LogP contribution is 2.36. The molecule has 0 aliphatic rings. The van der Waals surface area contributed by atoms with Crippen LogP contribution in [0.1, 0.15) is 23.6 Å². The summed E-state index contributed by atoms with van der Waals surface area (Å²) in [6.07, 6.45) is 0.711. The Bertz CT molecular complexity index is 757. The van der Waals surface area contributed by atoms with Crippen LogP contribution in [0.4, 0.5) is 18.9 Å². The first-order valence-electron chi connectivity index (χ1n) is 7.52. The number of halogens is 3. The second-order valence-corrected chi connectivity index (χ2v) is 5.26. The quantitative estimate of drug-likeness (QED) is 0.694. The number of hydrogen-bond acceptors (Lipinski definition) is 2. The second kappa shape index (κ2) is 7.79. The monoisotopic (exact) mass is 346 g/mol. The van der Waals surface area contributed by atoms with Crippen molar-refractivity contribution in [3.05, 3.63) is 79.2 Å². The molecule has 0 aliphatic carbocycles. The molecule has 2 aromatic rings. The minimum atomic E-state index is -5.02. The van der Waals surface area contributed by atoms with Gasteiger partial charge in [0.25, 0.3) is 0 Å². The number of rotatable bonds is 6. The molecule has 0 bridgehead atoms. The standard InChI is InChI=1S/C19H17F3N2O/c1-3-8-16(15-9-6-5-7-10-15)24(18(25)19(20,21)22)17-11-12-23-13-14(17)4-2/h3-7,9-13,16H,1-2,8H2. The smallest absolute Gasteiger partial charge is 0.296 e. The SMILES string of the molecule is C=CCC(c1ccccc1)N(C(=O)C(F)(F)F)c1ccncc1C=C. The molecule has 0 fully saturated rings. The minimum Gasteiger partial charge on any atom is -0.296 e. The summed E-state index contributed by atoms with van der Waals surface area (Å²) in [6, 6.07) is 9.06. The van der Waals surface area contributed by atoms with Gasteiger partial charge < -0.3 is 0 Å². The van der Waals surface area contributed by atoms with Gasteiger partial charge in [-0.2, -0.15) is 13.2 Å². The summed E-state index contributed by atoms with van der Waals surface area (Å²) in [5.41, 5.74) is 1.01. The summed E-state index contributed by atoms with van der Waals surface area (Å²) in [5, 5.41) is 0. The van der Waals surface area contributed by atoms with Gasteiger partial charge in [-0.1, -0.05) is 49.1 Å². The summed E-state index contributed by atoms with van der Waals surface area (Å²) < 4.78 is 39.8. The number of benzene rings is 1. The van der Waals surface area contributed by atoms with Gasteiger partial charge in [0.2, 0.25) is 0 Å². The number of pyridine rings is 1. The Morgan fingerprint density at radius 3 is 2.44 bits per heavy atom. The zero-order valence-corrected chi connectivity index (χ0v) is 13.4. The fraction of sp³-hybridized carbons (Fsp3) is 0.158. The van der Waals surface area contributed by atoms with Crippen LogP contribution in [-0.2, 0) is 4.79 Å². The third kappa shape index (κ3) is 4.15. The number of amides is 1. The largest absolute Gasteiger partial charge is 0.471 e. The molecule has 2 rings (SSSR count). The molecule has 0 spiro atoms. The normalized spacial score (nSPS) is 12.3. The van der Waals surface area contributed by atoms with Gasteiger partial charge in [0.1, 0.15) is 0 Å². The van der Waals surface area contributed by atoms with Crippen LogP contribution in [0.3, 0.4) is 0 Å². The van der Waals surface area contributed by atoms with Crippen molar-refractivity contribution in [2.45, 2.75) is 18.6 Å². The number of carbonyl (C=O) groups is 1. The Hall–Kier alpha value is -2.89. The first-order valence-corrected chi connectivity index (χ1v) is 7.52. The van der Waals surface area contributed by atoms with Crippen molar-refractivity contribution in [3.63, 3.8) is 0 Å². The van der Waals surface area contributed by atoms with E-state index in [2.05, 4.69) is 18.1 Å². The van der Waals surface area contributed by atoms with Gasteiger partial charge in [0.15, 0.2) is 0 Å². The van der Waals surface area contributed by atoms with Gasteiger partial charge in [0.05, 0.1) is 11.7 Å². The Labute approximate surface area is 144 Å². The van der Waals surface area contributed by atoms with Gasteiger partial charge in [-0.3, -0.25) is 14.7 Å². The van der Waals surface area contributed by atoms with Crippen LogP contribution in [0.25, 0.3) is 6.08 Å². The lowest BCUT2D eigenvalue weighted by atomic mass is 10.00. The maximum Gasteiger partial charge on any atom is 0.471 e. The topological polar surface area (TPSA) is 33.2 Å². The van der Waals surface area contributed by atoms with Crippen LogP contribution in [0.2, 0.25) is 0 Å². The molecule has 1 aromatic carbocycles. The molecular formula is C19H17F3N2O. The summed E-state index contributed by atoms with van der Waals surface area (Å²) in [4.78, 5) is 16.9. The molecular weight excluding hydrogens is 329 g/mol. The number of anilines is 1. The molecule has 1 amide bonds. The van der Waals surface area contributed by atoms with E-state index in [1.54, 1.807) is 30.3 Å². The molecule has 130 valence electrons. The lowest BCUT2D eigenvalue weighted by molar-refractivity contribution is -0.171. The number of hydrogen-bond donors (Lipinski definition) is 0. The van der Waals surface area contributed by atoms with E-state index in [1.165, 1.54) is 30.6 Å². The first kappa shape index (κ1) is 18.4. The molecule has 1 aromatic heterocycles. The van der Waals surface area contributed by atoms with Crippen LogP contribution in [0, 0.1) is 0 Å². The van der Waals surface area contributed by atoms with Gasteiger partial charge in [-0.15, -0.1) is 6.58 Å². The summed E-state index contributed by atoms with van der Waals surface area (Å²) >= 11 is 0. The number of nitrogens with zero attached hydrogens (tertiary/aromatic N) is 2. The Morgan fingerprint density at radius 2 is 1.88 bits per heavy atom. The molecule has 1 unspecified atom stereocenters. The van der Waals surface area contributed by atoms with Crippen molar-refractivity contribution in [2.75, 3.05) is 4.90 Å². The highest BCUT2D eigenvalue weighted by atomic mass is 19.4. The van der Waals surface area contributed by atoms with Crippen LogP contribution in [-0.4, -0.2) is 17.1 Å². The average molecular weight is 346 g/mol. The van der Waals surface area contributed by atoms with Crippen molar-refractivity contribution < 1.29 is 18.0 Å². The summed E-state index contributed by atoms with van der Waals surface area (Å²) in [6.45, 7) is 7.21. The number of carbonyl (C=O) groups excluding carboxylic acids is 1. The molecule has 0 radical (unpaired) electrons. The first-order chi connectivity index (χ1) is 11.9. The molecule has 1 heterocycles. The van der Waals surface area contributed by atoms with Crippen molar-refractivity contribution in [1.29, 1.82) is 0 Å². The molecule has 0 saturated carbocycles. The van der Waals surface area contributed by atoms with Crippen molar-refractivity contribution in [3.8, 4) is 0 Å². The molecule has 3 nitrogen and oxygen atoms in total. The van der Waals surface area contributed by atoms with E-state index in [-0.39, 0.29) is 12.1 Å². The van der Waals surface area contributed by atoms with Crippen molar-refractivity contribution in [1.82, 2.24) is 4.98 Å². The van der Waals surface area contributed by atoms with E-state index in [9.17, 15) is 18.0 Å². The fourth-order valence-corrected chi connectivity index (χ4v) is 2.56. The van der Waals surface area contributed by atoms with Crippen LogP contribution < -0.4 is 4.90 Å². The fourth-order valence-electron chi connectivity index (χ4n) is 2.56. The van der Waals surface area contributed by atoms with E-state index >= 15 is 0 Å². The van der Waals surface area contributed by atoms with Gasteiger partial charge in [-0.25, -0.2) is 0 Å². The molecule has 6 heteroatoms. The van der Waals surface area contributed by atoms with E-state index in [0.717, 1.165) is 4.90 Å². The maximum atomic E-state index is 13.3. The predicted octanol–water partition coefficient (Wildman–Crippen LogP) is 4.94. The van der Waals surface area contributed by atoms with Crippen molar-refractivity contribution in [2.24, 2.45) is 0 Å². The molecule has 25 heavy (non-hydrogen) atoms. The molecule has 1 atom stereocenters. The number of aromatic nitrogens is 1. The van der Waals surface area contributed by atoms with Crippen LogP contribution in [0.5, 0.6) is 0 Å². The van der Waals surface area contributed by atoms with Gasteiger partial charge in [0, 0.05) is 18.0 Å². The lowest BCUT2D eigenvalue weighted by Gasteiger charge is -2.33. The molecule has 0 N–H and O–H groups in total. The zero-order chi connectivity index (χ0) is 18.4. The van der Waals surface area contributed by atoms with E-state index in [1.807, 2.05) is 0 Å². The number of alkyl halides is 3. The van der Waals surface area contributed by atoms with Gasteiger partial charge >= 0.3 is 12.1 Å². The molecule has 0 saturated heterocycles. The third-order valence-corrected chi connectivity index (χ3v) is 3.65. The Balaban J connectivity index is 2.66. The third-order valence-electron chi connectivity index (χ3n) is 3.65. The lowest BCUT2D eigenvalue weighted by Crippen LogP contribution is -2.44. The second-order valence-electron chi connectivity index (χ2n) is 5.26. The summed E-state index contributed by atoms with van der Waals surface area (Å²) in [5.74, 6) is -1.95. The minimum absolute atomic E-state index is 0.100.